The van der Waals surface area contributed by atoms with Gasteiger partial charge >= 0.3 is 12.2 Å². The molecule has 0 N–H and O–H groups in total. The average Bonchev–Trinajstić information content (AvgIpc) is 4.33. The quantitative estimate of drug-likeness (QED) is 0.0936. The third-order valence-corrected chi connectivity index (χ3v) is 17.0. The lowest BCUT2D eigenvalue weighted by molar-refractivity contribution is -0.0471. The lowest BCUT2D eigenvalue weighted by atomic mass is 9.80. The Morgan fingerprint density at radius 2 is 1.01 bits per heavy atom. The van der Waals surface area contributed by atoms with Crippen LogP contribution in [0.25, 0.3) is 43.4 Å². The van der Waals surface area contributed by atoms with Crippen LogP contribution in [0.2, 0.25) is 0 Å². The second kappa shape index (κ2) is 24.3. The molecule has 0 spiro atoms. The monoisotopic (exact) mass is 1140 g/mol. The molecule has 4 aromatic heterocycles. The average molecular weight is 1150 g/mol. The number of nitrogens with zero attached hydrogens (tertiary/aromatic N) is 12. The summed E-state index contributed by atoms with van der Waals surface area (Å²) in [6, 6.07) is 9.70. The first kappa shape index (κ1) is 58.2. The zero-order chi connectivity index (χ0) is 57.2. The van der Waals surface area contributed by atoms with Crippen LogP contribution in [-0.2, 0) is 33.0 Å². The van der Waals surface area contributed by atoms with Crippen molar-refractivity contribution >= 4 is 45.1 Å². The summed E-state index contributed by atoms with van der Waals surface area (Å²) in [6.07, 6.45) is 9.83. The molecule has 24 heteroatoms. The lowest BCUT2D eigenvalue weighted by Gasteiger charge is -2.51. The number of anilines is 2. The van der Waals surface area contributed by atoms with Gasteiger partial charge in [0.15, 0.2) is 23.6 Å². The van der Waals surface area contributed by atoms with Crippen LogP contribution in [0.4, 0.5) is 28.6 Å². The minimum absolute atomic E-state index is 0.0745. The predicted octanol–water partition coefficient (Wildman–Crippen LogP) is 10.6. The van der Waals surface area contributed by atoms with Gasteiger partial charge < -0.3 is 38.2 Å². The Hall–Kier alpha value is -6.50. The van der Waals surface area contributed by atoms with Gasteiger partial charge in [-0.25, -0.2) is 18.4 Å². The molecule has 4 aliphatic heterocycles. The summed E-state index contributed by atoms with van der Waals surface area (Å²) in [6.45, 7) is 11.2. The zero-order valence-corrected chi connectivity index (χ0v) is 49.3. The third-order valence-electron chi connectivity index (χ3n) is 14.9. The highest BCUT2D eigenvalue weighted by molar-refractivity contribution is 7.18. The molecule has 10 rings (SSSR count). The Morgan fingerprint density at radius 3 is 1.36 bits per heavy atom. The number of aryl methyl sites for hydroxylation is 2. The fourth-order valence-corrected chi connectivity index (χ4v) is 13.0. The van der Waals surface area contributed by atoms with Crippen molar-refractivity contribution in [2.45, 2.75) is 153 Å². The molecule has 2 aromatic carbocycles. The molecule has 0 unspecified atom stereocenters. The molecule has 4 saturated heterocycles. The Labute approximate surface area is 474 Å². The normalized spacial score (nSPS) is 22.7. The van der Waals surface area contributed by atoms with Crippen molar-refractivity contribution in [2.24, 2.45) is 14.1 Å². The van der Waals surface area contributed by atoms with Gasteiger partial charge in [-0.3, -0.25) is 19.2 Å². The molecule has 432 valence electrons. The minimum atomic E-state index is -1.24. The Morgan fingerprint density at radius 1 is 0.613 bits per heavy atom. The van der Waals surface area contributed by atoms with E-state index >= 15 is 8.78 Å². The number of piperidine rings is 4. The standard InChI is InChI=1S/2C28H37FN6O4S/c2*1-28(2,3)39-27(36)35-19-8-7-9-21(35)24(29)22(13-19)34(5)26-32-31-25(40-26)20-11-10-17(12-23(20)38-16-37-6)18-14-30-33(4)15-18/h2*10-12,14-15,19,21-22,24H,7-9,13,16H2,1-6H3/t2*19-,21+,22-,24+/m10/s1. The van der Waals surface area contributed by atoms with E-state index in [4.69, 9.17) is 28.4 Å². The Balaban J connectivity index is 0.000000194. The van der Waals surface area contributed by atoms with Gasteiger partial charge in [0.2, 0.25) is 10.3 Å². The van der Waals surface area contributed by atoms with Crippen LogP contribution >= 0.6 is 22.7 Å². The van der Waals surface area contributed by atoms with Gasteiger partial charge in [-0.15, -0.1) is 20.4 Å². The van der Waals surface area contributed by atoms with Gasteiger partial charge in [0, 0.05) is 78.0 Å². The van der Waals surface area contributed by atoms with Crippen LogP contribution in [0.15, 0.2) is 61.2 Å². The van der Waals surface area contributed by atoms with Crippen LogP contribution < -0.4 is 19.3 Å². The molecule has 20 nitrogen and oxygen atoms in total. The van der Waals surface area contributed by atoms with E-state index in [1.807, 2.05) is 128 Å². The maximum atomic E-state index is 16.1. The number of carbonyl (C=O) groups excluding carboxylic acids is 2. The highest BCUT2D eigenvalue weighted by Gasteiger charge is 2.52. The van der Waals surface area contributed by atoms with Crippen molar-refractivity contribution < 1.29 is 46.8 Å². The molecule has 8 heterocycles. The topological polar surface area (TPSA) is 190 Å². The number of aromatic nitrogens is 8. The predicted molar refractivity (Wildman–Crippen MR) is 303 cm³/mol. The number of hydrogen-bond acceptors (Lipinski definition) is 18. The molecule has 2 amide bonds. The first-order chi connectivity index (χ1) is 38.1. The van der Waals surface area contributed by atoms with E-state index in [1.165, 1.54) is 22.7 Å². The zero-order valence-electron chi connectivity index (χ0n) is 47.7. The summed E-state index contributed by atoms with van der Waals surface area (Å²) in [5.74, 6) is 1.22. The number of hydrogen-bond donors (Lipinski definition) is 0. The summed E-state index contributed by atoms with van der Waals surface area (Å²) in [7, 11) is 10.6. The maximum Gasteiger partial charge on any atom is 0.410 e. The van der Waals surface area contributed by atoms with E-state index in [-0.39, 0.29) is 25.7 Å². The van der Waals surface area contributed by atoms with E-state index in [0.717, 1.165) is 59.1 Å². The molecular formula is C56H74F2N12O8S2. The first-order valence-corrected chi connectivity index (χ1v) is 28.7. The molecule has 4 fully saturated rings. The largest absolute Gasteiger partial charge is 0.467 e. The number of methoxy groups -OCH3 is 2. The van der Waals surface area contributed by atoms with Crippen molar-refractivity contribution in [1.82, 2.24) is 49.8 Å². The second-order valence-corrected chi connectivity index (χ2v) is 24.8. The third kappa shape index (κ3) is 13.0. The van der Waals surface area contributed by atoms with E-state index in [0.29, 0.717) is 57.5 Å². The number of benzene rings is 2. The first-order valence-electron chi connectivity index (χ1n) is 27.0. The van der Waals surface area contributed by atoms with Crippen molar-refractivity contribution in [3.8, 4) is 54.9 Å². The molecule has 0 radical (unpaired) electrons. The van der Waals surface area contributed by atoms with Gasteiger partial charge in [-0.2, -0.15) is 10.2 Å². The van der Waals surface area contributed by atoms with Gasteiger partial charge in [0.05, 0.1) is 47.7 Å². The molecule has 6 aromatic rings. The van der Waals surface area contributed by atoms with Gasteiger partial charge in [0.1, 0.15) is 35.0 Å². The van der Waals surface area contributed by atoms with E-state index in [9.17, 15) is 9.59 Å². The SMILES string of the molecule is COCOc1cc(-c2cnn(C)c2)ccc1-c1nnc(N(C)[C@@H]2C[C@H]3CCC[C@@H]([C@@H]2F)N3C(=O)OC(C)(C)C)s1.COCOc1cc(-c2cnn(C)c2)ccc1-c1nnc(N(C)[C@H]2C[C@@H]3CCC[C@H]([C@H]2F)N3C(=O)OC(C)(C)C)s1. The minimum Gasteiger partial charge on any atom is -0.467 e. The number of ether oxygens (including phenoxy) is 6. The molecule has 80 heavy (non-hydrogen) atoms. The summed E-state index contributed by atoms with van der Waals surface area (Å²) in [4.78, 5) is 33.0. The van der Waals surface area contributed by atoms with Crippen molar-refractivity contribution in [3.05, 3.63) is 61.2 Å². The van der Waals surface area contributed by atoms with Crippen LogP contribution in [0.5, 0.6) is 11.5 Å². The summed E-state index contributed by atoms with van der Waals surface area (Å²) in [5, 5.41) is 28.8. The molecule has 0 saturated carbocycles. The van der Waals surface area contributed by atoms with Crippen LogP contribution in [0.1, 0.15) is 92.9 Å². The number of amides is 2. The summed E-state index contributed by atoms with van der Waals surface area (Å²) < 4.78 is 69.0. The van der Waals surface area contributed by atoms with Crippen molar-refractivity contribution in [3.63, 3.8) is 0 Å². The highest BCUT2D eigenvalue weighted by atomic mass is 32.1. The van der Waals surface area contributed by atoms with Gasteiger partial charge in [-0.05, 0) is 128 Å². The number of alkyl halides is 2. The van der Waals surface area contributed by atoms with Crippen molar-refractivity contribution in [2.75, 3.05) is 51.7 Å². The van der Waals surface area contributed by atoms with Gasteiger partial charge in [-0.1, -0.05) is 34.8 Å². The second-order valence-electron chi connectivity index (χ2n) is 22.9. The van der Waals surface area contributed by atoms with Crippen LogP contribution in [-0.4, -0.2) is 164 Å². The number of halogens is 2. The van der Waals surface area contributed by atoms with E-state index in [2.05, 4.69) is 30.6 Å². The molecule has 0 aliphatic carbocycles. The summed E-state index contributed by atoms with van der Waals surface area (Å²) >= 11 is 2.76. The number of rotatable bonds is 14. The van der Waals surface area contributed by atoms with Crippen molar-refractivity contribution in [1.29, 1.82) is 0 Å². The van der Waals surface area contributed by atoms with Gasteiger partial charge in [0.25, 0.3) is 0 Å². The molecule has 4 aliphatic rings. The Kier molecular flexibility index (Phi) is 17.7. The highest BCUT2D eigenvalue weighted by Crippen LogP contribution is 2.45. The molecule has 4 bridgehead atoms. The number of carbonyl (C=O) groups is 2. The molecule has 8 atom stereocenters. The van der Waals surface area contributed by atoms with Crippen LogP contribution in [0.3, 0.4) is 0 Å². The van der Waals surface area contributed by atoms with E-state index < -0.39 is 59.9 Å². The smallest absolute Gasteiger partial charge is 0.410 e. The lowest BCUT2D eigenvalue weighted by Crippen LogP contribution is -2.65. The maximum absolute atomic E-state index is 16.1. The van der Waals surface area contributed by atoms with E-state index in [1.54, 1.807) is 45.8 Å². The fraction of sp³-hybridized carbons (Fsp3) is 0.571. The van der Waals surface area contributed by atoms with Crippen LogP contribution in [0, 0.1) is 0 Å². The Bertz CT molecular complexity index is 2880. The number of fused-ring (bicyclic) bond motifs is 4. The summed E-state index contributed by atoms with van der Waals surface area (Å²) in [5.41, 5.74) is 4.12. The molecular weight excluding hydrogens is 1070 g/mol. The fourth-order valence-electron chi connectivity index (χ4n) is 11.2.